The summed E-state index contributed by atoms with van der Waals surface area (Å²) in [5, 5.41) is 13.5. The number of aromatic carboxylic acids is 1. The lowest BCUT2D eigenvalue weighted by Crippen LogP contribution is -2.29. The smallest absolute Gasteiger partial charge is 0.336 e. The Hall–Kier alpha value is -4.29. The number of hydrogen-bond acceptors (Lipinski definition) is 5. The first-order valence-electron chi connectivity index (χ1n) is 12.7. The molecule has 0 unspecified atom stereocenters. The molecule has 6 heteroatoms. The average Bonchev–Trinajstić information content (AvgIpc) is 2.91. The molecule has 2 aromatic heterocycles. The van der Waals surface area contributed by atoms with Crippen molar-refractivity contribution in [2.75, 3.05) is 18.4 Å². The summed E-state index contributed by atoms with van der Waals surface area (Å²) < 4.78 is 0. The molecule has 0 amide bonds. The summed E-state index contributed by atoms with van der Waals surface area (Å²) in [4.78, 5) is 23.5. The third-order valence-corrected chi connectivity index (χ3v) is 6.00. The molecule has 196 valence electrons. The van der Waals surface area contributed by atoms with Gasteiger partial charge in [-0.1, -0.05) is 49.1 Å². The highest BCUT2D eigenvalue weighted by Crippen LogP contribution is 2.32. The molecule has 0 radical (unpaired) electrons. The number of aromatic nitrogens is 2. The fourth-order valence-electron chi connectivity index (χ4n) is 4.32. The molecular weight excluding hydrogens is 472 g/mol. The molecule has 0 fully saturated rings. The molecule has 0 aliphatic rings. The van der Waals surface area contributed by atoms with Crippen molar-refractivity contribution in [3.63, 3.8) is 0 Å². The first-order chi connectivity index (χ1) is 18.4. The number of nitrogens with one attached hydrogen (secondary N) is 1. The largest absolute Gasteiger partial charge is 0.478 e. The van der Waals surface area contributed by atoms with Crippen LogP contribution in [-0.4, -0.2) is 39.0 Å². The normalized spacial score (nSPS) is 12.2. The van der Waals surface area contributed by atoms with Gasteiger partial charge in [-0.3, -0.25) is 14.9 Å². The minimum absolute atomic E-state index is 0.235. The van der Waals surface area contributed by atoms with E-state index in [2.05, 4.69) is 26.8 Å². The van der Waals surface area contributed by atoms with Crippen LogP contribution < -0.4 is 5.32 Å². The van der Waals surface area contributed by atoms with Gasteiger partial charge in [0.15, 0.2) is 0 Å². The number of hydrogen-bond donors (Lipinski definition) is 2. The second-order valence-electron chi connectivity index (χ2n) is 8.93. The van der Waals surface area contributed by atoms with Crippen LogP contribution in [0.15, 0.2) is 109 Å². The molecule has 0 saturated heterocycles. The lowest BCUT2D eigenvalue weighted by Gasteiger charge is -2.22. The number of carboxylic acids is 1. The molecule has 0 spiro atoms. The third-order valence-electron chi connectivity index (χ3n) is 6.00. The molecule has 2 heterocycles. The van der Waals surface area contributed by atoms with E-state index in [1.165, 1.54) is 0 Å². The number of allylic oxidation sites excluding steroid dienone is 7. The van der Waals surface area contributed by atoms with Crippen LogP contribution in [0.5, 0.6) is 0 Å². The number of benzene rings is 1. The molecular formula is C32H36N4O2. The van der Waals surface area contributed by atoms with Crippen LogP contribution in [-0.2, 0) is 13.1 Å². The zero-order valence-electron chi connectivity index (χ0n) is 22.4. The fraction of sp³-hybridized carbons (Fsp3) is 0.219. The van der Waals surface area contributed by atoms with Crippen molar-refractivity contribution in [3.8, 4) is 0 Å². The van der Waals surface area contributed by atoms with E-state index >= 15 is 0 Å². The van der Waals surface area contributed by atoms with Crippen molar-refractivity contribution in [1.82, 2.24) is 14.9 Å². The van der Waals surface area contributed by atoms with Gasteiger partial charge in [-0.2, -0.15) is 0 Å². The van der Waals surface area contributed by atoms with Gasteiger partial charge >= 0.3 is 5.97 Å². The molecule has 0 aliphatic carbocycles. The Morgan fingerprint density at radius 1 is 0.947 bits per heavy atom. The lowest BCUT2D eigenvalue weighted by atomic mass is 9.90. The first kappa shape index (κ1) is 28.3. The number of anilines is 1. The van der Waals surface area contributed by atoms with Crippen LogP contribution in [0.3, 0.4) is 0 Å². The Bertz CT molecular complexity index is 1270. The summed E-state index contributed by atoms with van der Waals surface area (Å²) in [7, 11) is 0. The van der Waals surface area contributed by atoms with Gasteiger partial charge in [-0.15, -0.1) is 0 Å². The summed E-state index contributed by atoms with van der Waals surface area (Å²) in [6.07, 6.45) is 11.3. The zero-order valence-corrected chi connectivity index (χ0v) is 22.4. The van der Waals surface area contributed by atoms with Gasteiger partial charge < -0.3 is 10.4 Å². The molecule has 0 saturated carbocycles. The van der Waals surface area contributed by atoms with E-state index in [0.29, 0.717) is 25.2 Å². The molecule has 3 rings (SSSR count). The number of nitrogens with zero attached hydrogens (tertiary/aromatic N) is 3. The van der Waals surface area contributed by atoms with Crippen LogP contribution in [0.1, 0.15) is 48.1 Å². The quantitative estimate of drug-likeness (QED) is 0.248. The molecule has 2 N–H and O–H groups in total. The molecule has 0 aliphatic heterocycles. The minimum atomic E-state index is -0.977. The van der Waals surface area contributed by atoms with E-state index in [9.17, 15) is 9.90 Å². The summed E-state index contributed by atoms with van der Waals surface area (Å²) in [5.41, 5.74) is 6.15. The SMILES string of the molecule is C=C(/C=C\C)/C(=C(C)/C=C\C)c1ccc(NCCN(Cc2ccccn2)Cc2ccccn2)cc1C(=O)O. The van der Waals surface area contributed by atoms with E-state index < -0.39 is 5.97 Å². The lowest BCUT2D eigenvalue weighted by molar-refractivity contribution is 0.0696. The number of carbonyl (C=O) groups is 1. The highest BCUT2D eigenvalue weighted by atomic mass is 16.4. The van der Waals surface area contributed by atoms with E-state index in [4.69, 9.17) is 0 Å². The van der Waals surface area contributed by atoms with Crippen molar-refractivity contribution < 1.29 is 9.90 Å². The van der Waals surface area contributed by atoms with Crippen LogP contribution in [0.25, 0.3) is 5.57 Å². The molecule has 1 aromatic carbocycles. The van der Waals surface area contributed by atoms with Crippen LogP contribution in [0.4, 0.5) is 5.69 Å². The molecule has 3 aromatic rings. The predicted octanol–water partition coefficient (Wildman–Crippen LogP) is 6.77. The van der Waals surface area contributed by atoms with E-state index in [0.717, 1.165) is 40.3 Å². The Balaban J connectivity index is 1.80. The van der Waals surface area contributed by atoms with Crippen molar-refractivity contribution in [2.45, 2.75) is 33.9 Å². The van der Waals surface area contributed by atoms with Crippen LogP contribution >= 0.6 is 0 Å². The van der Waals surface area contributed by atoms with Gasteiger partial charge in [0.05, 0.1) is 17.0 Å². The van der Waals surface area contributed by atoms with Crippen molar-refractivity contribution in [3.05, 3.63) is 132 Å². The van der Waals surface area contributed by atoms with Gasteiger partial charge in [0.1, 0.15) is 0 Å². The van der Waals surface area contributed by atoms with Gasteiger partial charge in [0.2, 0.25) is 0 Å². The second kappa shape index (κ2) is 14.4. The fourth-order valence-corrected chi connectivity index (χ4v) is 4.32. The number of carboxylic acid groups (broad SMARTS) is 1. The van der Waals surface area contributed by atoms with E-state index in [-0.39, 0.29) is 5.56 Å². The second-order valence-corrected chi connectivity index (χ2v) is 8.93. The van der Waals surface area contributed by atoms with Crippen LogP contribution in [0, 0.1) is 0 Å². The summed E-state index contributed by atoms with van der Waals surface area (Å²) in [6, 6.07) is 17.3. The Morgan fingerprint density at radius 2 is 1.58 bits per heavy atom. The van der Waals surface area contributed by atoms with Crippen LogP contribution in [0.2, 0.25) is 0 Å². The highest BCUT2D eigenvalue weighted by molar-refractivity contribution is 5.99. The highest BCUT2D eigenvalue weighted by Gasteiger charge is 2.17. The number of rotatable bonds is 13. The maximum atomic E-state index is 12.3. The monoisotopic (exact) mass is 508 g/mol. The maximum absolute atomic E-state index is 12.3. The Kier molecular flexibility index (Phi) is 10.8. The van der Waals surface area contributed by atoms with Crippen molar-refractivity contribution in [1.29, 1.82) is 0 Å². The summed E-state index contributed by atoms with van der Waals surface area (Å²) in [6.45, 7) is 12.7. The Labute approximate surface area is 225 Å². The standard InChI is InChI=1S/C32H36N4O2/c1-5-11-24(3)31(25(4)12-6-2)29-16-15-26(21-30(29)32(37)38)35-19-20-36(22-27-13-7-9-17-33-27)23-28-14-8-10-18-34-28/h5-18,21,35H,3,19-20,22-23H2,1-2,4H3,(H,37,38)/b11-5-,12-6-,31-25-. The number of pyridine rings is 2. The van der Waals surface area contributed by atoms with Gasteiger partial charge in [-0.25, -0.2) is 4.79 Å². The molecule has 0 atom stereocenters. The van der Waals surface area contributed by atoms with Crippen molar-refractivity contribution in [2.24, 2.45) is 0 Å². The molecule has 6 nitrogen and oxygen atoms in total. The Morgan fingerprint density at radius 3 is 2.11 bits per heavy atom. The topological polar surface area (TPSA) is 78.3 Å². The predicted molar refractivity (Wildman–Crippen MR) is 156 cm³/mol. The van der Waals surface area contributed by atoms with Gasteiger partial charge in [-0.05, 0) is 79.5 Å². The molecule has 0 bridgehead atoms. The molecule has 38 heavy (non-hydrogen) atoms. The van der Waals surface area contributed by atoms with E-state index in [1.54, 1.807) is 18.5 Å². The van der Waals surface area contributed by atoms with Crippen molar-refractivity contribution >= 4 is 17.2 Å². The van der Waals surface area contributed by atoms with Gasteiger partial charge in [0.25, 0.3) is 0 Å². The first-order valence-corrected chi connectivity index (χ1v) is 12.7. The maximum Gasteiger partial charge on any atom is 0.336 e. The minimum Gasteiger partial charge on any atom is -0.478 e. The average molecular weight is 509 g/mol. The van der Waals surface area contributed by atoms with E-state index in [1.807, 2.05) is 93.6 Å². The zero-order chi connectivity index (χ0) is 27.3. The third kappa shape index (κ3) is 8.11. The van der Waals surface area contributed by atoms with Gasteiger partial charge in [0, 0.05) is 44.3 Å². The summed E-state index contributed by atoms with van der Waals surface area (Å²) in [5.74, 6) is -0.977. The summed E-state index contributed by atoms with van der Waals surface area (Å²) >= 11 is 0.